The van der Waals surface area contributed by atoms with Crippen LogP contribution in [0.15, 0.2) is 35.4 Å². The van der Waals surface area contributed by atoms with E-state index in [0.29, 0.717) is 17.4 Å². The molecule has 1 aromatic heterocycles. The summed E-state index contributed by atoms with van der Waals surface area (Å²) in [6, 6.07) is 7.54. The molecule has 6 heteroatoms. The third kappa shape index (κ3) is 3.50. The van der Waals surface area contributed by atoms with Crippen molar-refractivity contribution in [3.63, 3.8) is 0 Å². The predicted octanol–water partition coefficient (Wildman–Crippen LogP) is 3.77. The zero-order chi connectivity index (χ0) is 15.4. The molecule has 1 N–H and O–H groups in total. The summed E-state index contributed by atoms with van der Waals surface area (Å²) in [5.74, 6) is -0.259. The highest BCUT2D eigenvalue weighted by Gasteiger charge is 2.17. The molecule has 1 heterocycles. The van der Waals surface area contributed by atoms with Crippen molar-refractivity contribution in [3.8, 4) is 0 Å². The lowest BCUT2D eigenvalue weighted by Gasteiger charge is -2.20. The third-order valence-corrected chi connectivity index (χ3v) is 5.11. The van der Waals surface area contributed by atoms with Gasteiger partial charge >= 0.3 is 5.97 Å². The van der Waals surface area contributed by atoms with Crippen molar-refractivity contribution in [1.82, 2.24) is 15.0 Å². The molecule has 1 saturated carbocycles. The van der Waals surface area contributed by atoms with Gasteiger partial charge < -0.3 is 5.11 Å². The fourth-order valence-electron chi connectivity index (χ4n) is 2.82. The molecule has 5 nitrogen and oxygen atoms in total. The summed E-state index contributed by atoms with van der Waals surface area (Å²) < 4.78 is 1.98. The number of benzene rings is 1. The highest BCUT2D eigenvalue weighted by atomic mass is 32.2. The van der Waals surface area contributed by atoms with Crippen molar-refractivity contribution in [2.24, 2.45) is 0 Å². The molecule has 116 valence electrons. The molecule has 22 heavy (non-hydrogen) atoms. The van der Waals surface area contributed by atoms with Crippen LogP contribution in [0.2, 0.25) is 0 Å². The second-order valence-corrected chi connectivity index (χ2v) is 6.59. The predicted molar refractivity (Wildman–Crippen MR) is 85.1 cm³/mol. The highest BCUT2D eigenvalue weighted by molar-refractivity contribution is 7.98. The molecule has 3 rings (SSSR count). The normalized spacial score (nSPS) is 15.8. The van der Waals surface area contributed by atoms with Gasteiger partial charge in [0.1, 0.15) is 0 Å². The summed E-state index contributed by atoms with van der Waals surface area (Å²) in [6.45, 7) is 0. The zero-order valence-corrected chi connectivity index (χ0v) is 13.1. The first kappa shape index (κ1) is 15.1. The third-order valence-electron chi connectivity index (χ3n) is 4.00. The summed E-state index contributed by atoms with van der Waals surface area (Å²) in [5, 5.41) is 17.7. The van der Waals surface area contributed by atoms with E-state index in [1.165, 1.54) is 43.9 Å². The van der Waals surface area contributed by atoms with Crippen molar-refractivity contribution in [2.45, 2.75) is 48.8 Å². The first-order chi connectivity index (χ1) is 10.7. The maximum absolute atomic E-state index is 11.2. The van der Waals surface area contributed by atoms with Gasteiger partial charge in [0.15, 0.2) is 0 Å². The molecular formula is C16H19N3O2S. The van der Waals surface area contributed by atoms with Gasteiger partial charge in [0.05, 0.1) is 17.3 Å². The van der Waals surface area contributed by atoms with E-state index in [1.54, 1.807) is 12.1 Å². The summed E-state index contributed by atoms with van der Waals surface area (Å²) in [6.07, 6.45) is 8.21. The van der Waals surface area contributed by atoms with Crippen LogP contribution in [0, 0.1) is 0 Å². The van der Waals surface area contributed by atoms with Gasteiger partial charge in [-0.05, 0) is 25.0 Å². The molecule has 2 aromatic rings. The number of hydrogen-bond donors (Lipinski definition) is 1. The quantitative estimate of drug-likeness (QED) is 0.850. The van der Waals surface area contributed by atoms with E-state index in [2.05, 4.69) is 10.3 Å². The lowest BCUT2D eigenvalue weighted by Crippen LogP contribution is -2.13. The maximum atomic E-state index is 11.2. The maximum Gasteiger partial charge on any atom is 0.336 e. The number of carbonyl (C=O) groups is 1. The molecule has 0 amide bonds. The Labute approximate surface area is 133 Å². The standard InChI is InChI=1S/C16H19N3O2S/c20-16(21)14-8-4-5-9-15(14)22-11-12-10-19(18-17-12)13-6-2-1-3-7-13/h4-5,8-10,13H,1-3,6-7,11H2,(H,20,21). The molecule has 0 unspecified atom stereocenters. The number of thioether (sulfide) groups is 1. The number of hydrogen-bond acceptors (Lipinski definition) is 4. The monoisotopic (exact) mass is 317 g/mol. The first-order valence-electron chi connectivity index (χ1n) is 7.60. The van der Waals surface area contributed by atoms with Gasteiger partial charge in [0.25, 0.3) is 0 Å². The second kappa shape index (κ2) is 6.96. The Morgan fingerprint density at radius 2 is 2.05 bits per heavy atom. The number of rotatable bonds is 5. The molecule has 0 atom stereocenters. The molecule has 0 bridgehead atoms. The van der Waals surface area contributed by atoms with Crippen LogP contribution in [-0.2, 0) is 5.75 Å². The molecule has 0 spiro atoms. The summed E-state index contributed by atoms with van der Waals surface area (Å²) >= 11 is 1.49. The largest absolute Gasteiger partial charge is 0.478 e. The van der Waals surface area contributed by atoms with Crippen LogP contribution in [-0.4, -0.2) is 26.1 Å². The molecule has 1 aromatic carbocycles. The molecule has 1 aliphatic rings. The minimum atomic E-state index is -0.894. The highest BCUT2D eigenvalue weighted by Crippen LogP contribution is 2.29. The fraction of sp³-hybridized carbons (Fsp3) is 0.438. The minimum absolute atomic E-state index is 0.340. The lowest BCUT2D eigenvalue weighted by atomic mass is 9.96. The summed E-state index contributed by atoms with van der Waals surface area (Å²) in [5.41, 5.74) is 1.24. The first-order valence-corrected chi connectivity index (χ1v) is 8.58. The van der Waals surface area contributed by atoms with Gasteiger partial charge in [-0.2, -0.15) is 0 Å². The van der Waals surface area contributed by atoms with Crippen molar-refractivity contribution >= 4 is 17.7 Å². The molecule has 0 saturated heterocycles. The summed E-state index contributed by atoms with van der Waals surface area (Å²) in [4.78, 5) is 12.0. The van der Waals surface area contributed by atoms with E-state index in [1.807, 2.05) is 23.0 Å². The van der Waals surface area contributed by atoms with Crippen molar-refractivity contribution in [3.05, 3.63) is 41.7 Å². The zero-order valence-electron chi connectivity index (χ0n) is 12.3. The average molecular weight is 317 g/mol. The molecule has 1 aliphatic carbocycles. The van der Waals surface area contributed by atoms with E-state index in [0.717, 1.165) is 10.6 Å². The van der Waals surface area contributed by atoms with Gasteiger partial charge in [-0.3, -0.25) is 0 Å². The topological polar surface area (TPSA) is 68.0 Å². The smallest absolute Gasteiger partial charge is 0.336 e. The molecule has 0 radical (unpaired) electrons. The number of aromatic nitrogens is 3. The number of carboxylic acid groups (broad SMARTS) is 1. The molecular weight excluding hydrogens is 298 g/mol. The Bertz CT molecular complexity index is 650. The van der Waals surface area contributed by atoms with Crippen LogP contribution in [0.1, 0.15) is 54.2 Å². The van der Waals surface area contributed by atoms with Crippen LogP contribution < -0.4 is 0 Å². The van der Waals surface area contributed by atoms with Crippen LogP contribution in [0.3, 0.4) is 0 Å². The Morgan fingerprint density at radius 1 is 1.27 bits per heavy atom. The van der Waals surface area contributed by atoms with Gasteiger partial charge in [-0.1, -0.05) is 36.6 Å². The van der Waals surface area contributed by atoms with E-state index in [4.69, 9.17) is 0 Å². The Kier molecular flexibility index (Phi) is 4.77. The van der Waals surface area contributed by atoms with Gasteiger partial charge in [0, 0.05) is 16.8 Å². The number of aromatic carboxylic acids is 1. The van der Waals surface area contributed by atoms with Gasteiger partial charge in [0.2, 0.25) is 0 Å². The van der Waals surface area contributed by atoms with E-state index < -0.39 is 5.97 Å². The van der Waals surface area contributed by atoms with Crippen LogP contribution >= 0.6 is 11.8 Å². The van der Waals surface area contributed by atoms with E-state index >= 15 is 0 Å². The van der Waals surface area contributed by atoms with Gasteiger partial charge in [-0.25, -0.2) is 9.48 Å². The lowest BCUT2D eigenvalue weighted by molar-refractivity contribution is 0.0693. The molecule has 0 aliphatic heterocycles. The summed E-state index contributed by atoms with van der Waals surface area (Å²) in [7, 11) is 0. The Morgan fingerprint density at radius 3 is 2.82 bits per heavy atom. The van der Waals surface area contributed by atoms with E-state index in [9.17, 15) is 9.90 Å². The van der Waals surface area contributed by atoms with E-state index in [-0.39, 0.29) is 0 Å². The fourth-order valence-corrected chi connectivity index (χ4v) is 3.75. The Balaban J connectivity index is 1.65. The van der Waals surface area contributed by atoms with Crippen molar-refractivity contribution in [1.29, 1.82) is 0 Å². The van der Waals surface area contributed by atoms with Crippen LogP contribution in [0.5, 0.6) is 0 Å². The van der Waals surface area contributed by atoms with Crippen molar-refractivity contribution in [2.75, 3.05) is 0 Å². The van der Waals surface area contributed by atoms with Crippen LogP contribution in [0.25, 0.3) is 0 Å². The minimum Gasteiger partial charge on any atom is -0.478 e. The number of nitrogens with zero attached hydrogens (tertiary/aromatic N) is 3. The SMILES string of the molecule is O=C(O)c1ccccc1SCc1cn(C2CCCCC2)nn1. The van der Waals surface area contributed by atoms with Crippen LogP contribution in [0.4, 0.5) is 0 Å². The second-order valence-electron chi connectivity index (χ2n) is 5.57. The average Bonchev–Trinajstić information content (AvgIpc) is 3.03. The Hall–Kier alpha value is -1.82. The van der Waals surface area contributed by atoms with Crippen molar-refractivity contribution < 1.29 is 9.90 Å². The van der Waals surface area contributed by atoms with Gasteiger partial charge in [-0.15, -0.1) is 16.9 Å². The molecule has 1 fully saturated rings. The number of carboxylic acids is 1.